The van der Waals surface area contributed by atoms with Gasteiger partial charge in [-0.05, 0) is 31.8 Å². The first-order valence-electron chi connectivity index (χ1n) is 7.27. The van der Waals surface area contributed by atoms with E-state index in [0.717, 1.165) is 37.4 Å². The second kappa shape index (κ2) is 5.16. The van der Waals surface area contributed by atoms with Gasteiger partial charge in [0.15, 0.2) is 0 Å². The molecule has 4 heterocycles. The van der Waals surface area contributed by atoms with Gasteiger partial charge < -0.3 is 4.74 Å². The average molecular weight is 280 g/mol. The molecule has 4 aliphatic heterocycles. The minimum Gasteiger partial charge on any atom is -0.460 e. The van der Waals surface area contributed by atoms with Gasteiger partial charge in [-0.25, -0.2) is 0 Å². The first kappa shape index (κ1) is 13.5. The highest BCUT2D eigenvalue weighted by molar-refractivity contribution is 6.01. The first-order chi connectivity index (χ1) is 9.54. The summed E-state index contributed by atoms with van der Waals surface area (Å²) in [5, 5.41) is 0. The van der Waals surface area contributed by atoms with E-state index in [4.69, 9.17) is 4.74 Å². The fraction of sp³-hybridized carbons (Fsp3) is 0.786. The monoisotopic (exact) mass is 280 g/mol. The molecule has 0 aromatic heterocycles. The van der Waals surface area contributed by atoms with Crippen LogP contribution in [0.2, 0.25) is 0 Å². The van der Waals surface area contributed by atoms with E-state index in [-0.39, 0.29) is 36.7 Å². The average Bonchev–Trinajstić information content (AvgIpc) is 2.45. The third kappa shape index (κ3) is 2.44. The number of ether oxygens (including phenoxy) is 1. The highest BCUT2D eigenvalue weighted by Gasteiger charge is 2.40. The summed E-state index contributed by atoms with van der Waals surface area (Å²) >= 11 is 0. The quantitative estimate of drug-likeness (QED) is 0.527. The summed E-state index contributed by atoms with van der Waals surface area (Å²) in [5.41, 5.74) is 0. The van der Waals surface area contributed by atoms with Gasteiger partial charge in [-0.1, -0.05) is 0 Å². The zero-order valence-corrected chi connectivity index (χ0v) is 11.7. The summed E-state index contributed by atoms with van der Waals surface area (Å²) in [7, 11) is 1.46. The van der Waals surface area contributed by atoms with Gasteiger partial charge in [0.2, 0.25) is 11.8 Å². The van der Waals surface area contributed by atoms with Gasteiger partial charge in [-0.3, -0.25) is 24.2 Å². The molecule has 0 N–H and O–H groups in total. The molecule has 4 fully saturated rings. The number of imide groups is 1. The van der Waals surface area contributed by atoms with Gasteiger partial charge in [0, 0.05) is 26.4 Å². The van der Waals surface area contributed by atoms with Crippen LogP contribution in [-0.2, 0) is 19.1 Å². The van der Waals surface area contributed by atoms with Crippen LogP contribution in [0.5, 0.6) is 0 Å². The van der Waals surface area contributed by atoms with Crippen LogP contribution in [0, 0.1) is 11.8 Å². The van der Waals surface area contributed by atoms with Crippen LogP contribution in [0.15, 0.2) is 0 Å². The maximum atomic E-state index is 12.2. The van der Waals surface area contributed by atoms with Crippen molar-refractivity contribution in [3.63, 3.8) is 0 Å². The first-order valence-corrected chi connectivity index (χ1v) is 7.27. The number of rotatable bonds is 2. The number of hydrogen-bond acceptors (Lipinski definition) is 5. The summed E-state index contributed by atoms with van der Waals surface area (Å²) in [5.74, 6) is -1.11. The fourth-order valence-electron chi connectivity index (χ4n) is 3.36. The van der Waals surface area contributed by atoms with E-state index >= 15 is 0 Å². The Bertz CT molecular complexity index is 424. The summed E-state index contributed by atoms with van der Waals surface area (Å²) in [6.07, 6.45) is 2.26. The molecule has 0 aliphatic carbocycles. The Morgan fingerprint density at radius 1 is 1.15 bits per heavy atom. The molecule has 0 aromatic rings. The van der Waals surface area contributed by atoms with E-state index < -0.39 is 5.92 Å². The predicted molar refractivity (Wildman–Crippen MR) is 69.5 cm³/mol. The molecule has 0 saturated carbocycles. The molecule has 2 bridgehead atoms. The van der Waals surface area contributed by atoms with Crippen molar-refractivity contribution in [1.82, 2.24) is 9.80 Å². The van der Waals surface area contributed by atoms with Crippen LogP contribution in [0.3, 0.4) is 0 Å². The molecule has 4 rings (SSSR count). The van der Waals surface area contributed by atoms with Crippen molar-refractivity contribution in [2.75, 3.05) is 26.7 Å². The Labute approximate surface area is 118 Å². The SMILES string of the molecule is CN1C(=O)CC(C(=O)OC2CN3CCC2CC3)CC1=O. The normalized spacial score (nSPS) is 34.5. The number of fused-ring (bicyclic) bond motifs is 3. The lowest BCUT2D eigenvalue weighted by Crippen LogP contribution is -2.52. The predicted octanol–water partition coefficient (Wildman–Crippen LogP) is 0.0188. The zero-order valence-electron chi connectivity index (χ0n) is 11.7. The van der Waals surface area contributed by atoms with Gasteiger partial charge in [0.05, 0.1) is 5.92 Å². The molecule has 6 nitrogen and oxygen atoms in total. The van der Waals surface area contributed by atoms with E-state index in [1.165, 1.54) is 7.05 Å². The van der Waals surface area contributed by atoms with Gasteiger partial charge in [0.1, 0.15) is 6.10 Å². The lowest BCUT2D eigenvalue weighted by molar-refractivity contribution is -0.170. The number of carbonyl (C=O) groups excluding carboxylic acids is 3. The highest BCUT2D eigenvalue weighted by Crippen LogP contribution is 2.31. The third-order valence-corrected chi connectivity index (χ3v) is 4.79. The maximum absolute atomic E-state index is 12.2. The van der Waals surface area contributed by atoms with Crippen LogP contribution >= 0.6 is 0 Å². The van der Waals surface area contributed by atoms with Crippen molar-refractivity contribution in [3.05, 3.63) is 0 Å². The van der Waals surface area contributed by atoms with Crippen LogP contribution in [0.25, 0.3) is 0 Å². The molecule has 0 radical (unpaired) electrons. The number of amides is 2. The van der Waals surface area contributed by atoms with Crippen molar-refractivity contribution >= 4 is 17.8 Å². The summed E-state index contributed by atoms with van der Waals surface area (Å²) in [4.78, 5) is 38.8. The van der Waals surface area contributed by atoms with Crippen molar-refractivity contribution < 1.29 is 19.1 Å². The standard InChI is InChI=1S/C14H20N2O4/c1-15-12(17)6-10(7-13(15)18)14(19)20-11-8-16-4-2-9(11)3-5-16/h9-11H,2-8H2,1H3. The fourth-order valence-corrected chi connectivity index (χ4v) is 3.36. The van der Waals surface area contributed by atoms with Gasteiger partial charge in [0.25, 0.3) is 0 Å². The van der Waals surface area contributed by atoms with E-state index in [2.05, 4.69) is 4.90 Å². The maximum Gasteiger partial charge on any atom is 0.310 e. The Hall–Kier alpha value is -1.43. The number of piperidine rings is 4. The molecule has 110 valence electrons. The smallest absolute Gasteiger partial charge is 0.310 e. The van der Waals surface area contributed by atoms with E-state index in [1.807, 2.05) is 0 Å². The highest BCUT2D eigenvalue weighted by atomic mass is 16.5. The summed E-state index contributed by atoms with van der Waals surface area (Å²) < 4.78 is 5.59. The van der Waals surface area contributed by atoms with Crippen molar-refractivity contribution in [1.29, 1.82) is 0 Å². The summed E-state index contributed by atoms with van der Waals surface area (Å²) in [6.45, 7) is 2.97. The van der Waals surface area contributed by atoms with Crippen molar-refractivity contribution in [2.24, 2.45) is 11.8 Å². The number of likely N-dealkylation sites (tertiary alicyclic amines) is 1. The molecule has 20 heavy (non-hydrogen) atoms. The lowest BCUT2D eigenvalue weighted by atomic mass is 9.85. The minimum absolute atomic E-state index is 0.0603. The molecular formula is C14H20N2O4. The Morgan fingerprint density at radius 3 is 2.25 bits per heavy atom. The number of hydrogen-bond donors (Lipinski definition) is 0. The summed E-state index contributed by atoms with van der Waals surface area (Å²) in [6, 6.07) is 0. The molecule has 0 spiro atoms. The molecule has 1 unspecified atom stereocenters. The van der Waals surface area contributed by atoms with E-state index in [0.29, 0.717) is 5.92 Å². The molecule has 4 saturated heterocycles. The van der Waals surface area contributed by atoms with Crippen molar-refractivity contribution in [3.8, 4) is 0 Å². The van der Waals surface area contributed by atoms with Gasteiger partial charge in [-0.15, -0.1) is 0 Å². The van der Waals surface area contributed by atoms with Crippen LogP contribution < -0.4 is 0 Å². The second-order valence-corrected chi connectivity index (χ2v) is 6.07. The number of nitrogens with zero attached hydrogens (tertiary/aromatic N) is 2. The lowest BCUT2D eigenvalue weighted by Gasteiger charge is -2.44. The van der Waals surface area contributed by atoms with Crippen LogP contribution in [0.4, 0.5) is 0 Å². The Morgan fingerprint density at radius 2 is 1.75 bits per heavy atom. The largest absolute Gasteiger partial charge is 0.460 e. The van der Waals surface area contributed by atoms with Gasteiger partial charge >= 0.3 is 5.97 Å². The van der Waals surface area contributed by atoms with Crippen LogP contribution in [-0.4, -0.2) is 60.4 Å². The van der Waals surface area contributed by atoms with E-state index in [9.17, 15) is 14.4 Å². The van der Waals surface area contributed by atoms with Gasteiger partial charge in [-0.2, -0.15) is 0 Å². The second-order valence-electron chi connectivity index (χ2n) is 6.07. The van der Waals surface area contributed by atoms with Crippen molar-refractivity contribution in [2.45, 2.75) is 31.8 Å². The molecular weight excluding hydrogens is 260 g/mol. The molecule has 1 atom stereocenters. The molecule has 2 amide bonds. The number of carbonyl (C=O) groups is 3. The van der Waals surface area contributed by atoms with E-state index in [1.54, 1.807) is 0 Å². The molecule has 4 aliphatic rings. The third-order valence-electron chi connectivity index (χ3n) is 4.79. The number of esters is 1. The molecule has 0 aromatic carbocycles. The minimum atomic E-state index is -0.596. The molecule has 6 heteroatoms. The topological polar surface area (TPSA) is 66.9 Å². The zero-order chi connectivity index (χ0) is 14.3. The Balaban J connectivity index is 1.59. The van der Waals surface area contributed by atoms with Crippen LogP contribution in [0.1, 0.15) is 25.7 Å². The Kier molecular flexibility index (Phi) is 3.50.